The van der Waals surface area contributed by atoms with Crippen molar-refractivity contribution < 1.29 is 4.74 Å². The Kier molecular flexibility index (Phi) is 3.58. The van der Waals surface area contributed by atoms with Gasteiger partial charge in [0.2, 0.25) is 0 Å². The molecule has 0 aromatic heterocycles. The van der Waals surface area contributed by atoms with E-state index in [1.54, 1.807) is 0 Å². The first kappa shape index (κ1) is 9.44. The summed E-state index contributed by atoms with van der Waals surface area (Å²) >= 11 is 0. The molecule has 1 atom stereocenters. The molecule has 1 unspecified atom stereocenters. The van der Waals surface area contributed by atoms with Crippen molar-refractivity contribution in [2.24, 2.45) is 0 Å². The maximum Gasteiger partial charge on any atom is 0.0702 e. The van der Waals surface area contributed by atoms with Crippen LogP contribution in [0.5, 0.6) is 0 Å². The zero-order valence-corrected chi connectivity index (χ0v) is 8.30. The summed E-state index contributed by atoms with van der Waals surface area (Å²) in [5.74, 6) is 0. The standard InChI is InChI=1S/C10H20N2O/c1-2-8-13-10(3-1)9-12-6-4-11-5-7-12/h10-11H,1-9H2. The fourth-order valence-electron chi connectivity index (χ4n) is 2.13. The van der Waals surface area contributed by atoms with E-state index in [1.807, 2.05) is 0 Å². The number of rotatable bonds is 2. The quantitative estimate of drug-likeness (QED) is 0.675. The molecule has 13 heavy (non-hydrogen) atoms. The van der Waals surface area contributed by atoms with E-state index in [2.05, 4.69) is 10.2 Å². The highest BCUT2D eigenvalue weighted by atomic mass is 16.5. The summed E-state index contributed by atoms with van der Waals surface area (Å²) in [7, 11) is 0. The van der Waals surface area contributed by atoms with Crippen LogP contribution in [0.15, 0.2) is 0 Å². The van der Waals surface area contributed by atoms with Gasteiger partial charge in [0.25, 0.3) is 0 Å². The van der Waals surface area contributed by atoms with Gasteiger partial charge in [-0.05, 0) is 19.3 Å². The first-order valence-corrected chi connectivity index (χ1v) is 5.50. The van der Waals surface area contributed by atoms with Gasteiger partial charge in [0.05, 0.1) is 6.10 Å². The van der Waals surface area contributed by atoms with E-state index in [9.17, 15) is 0 Å². The minimum absolute atomic E-state index is 0.520. The first-order chi connectivity index (χ1) is 6.45. The lowest BCUT2D eigenvalue weighted by molar-refractivity contribution is -0.00740. The van der Waals surface area contributed by atoms with Crippen molar-refractivity contribution in [3.63, 3.8) is 0 Å². The van der Waals surface area contributed by atoms with Gasteiger partial charge in [-0.1, -0.05) is 0 Å². The van der Waals surface area contributed by atoms with Gasteiger partial charge in [-0.15, -0.1) is 0 Å². The molecule has 0 aliphatic carbocycles. The Hall–Kier alpha value is -0.120. The lowest BCUT2D eigenvalue weighted by Crippen LogP contribution is -2.47. The van der Waals surface area contributed by atoms with Crippen LogP contribution in [0.4, 0.5) is 0 Å². The summed E-state index contributed by atoms with van der Waals surface area (Å²) in [4.78, 5) is 2.52. The van der Waals surface area contributed by atoms with E-state index in [4.69, 9.17) is 4.74 Å². The van der Waals surface area contributed by atoms with Crippen LogP contribution in [0.1, 0.15) is 19.3 Å². The van der Waals surface area contributed by atoms with Crippen LogP contribution in [0.3, 0.4) is 0 Å². The summed E-state index contributed by atoms with van der Waals surface area (Å²) in [6, 6.07) is 0. The van der Waals surface area contributed by atoms with Gasteiger partial charge in [0.15, 0.2) is 0 Å². The molecule has 0 aromatic carbocycles. The third-order valence-electron chi connectivity index (χ3n) is 2.95. The van der Waals surface area contributed by atoms with Gasteiger partial charge in [0.1, 0.15) is 0 Å². The van der Waals surface area contributed by atoms with Gasteiger partial charge in [-0.3, -0.25) is 4.90 Å². The Labute approximate surface area is 80.4 Å². The summed E-state index contributed by atoms with van der Waals surface area (Å²) < 4.78 is 5.72. The predicted octanol–water partition coefficient (Wildman–Crippen LogP) is 0.461. The van der Waals surface area contributed by atoms with E-state index >= 15 is 0 Å². The van der Waals surface area contributed by atoms with Crippen LogP contribution in [0, 0.1) is 0 Å². The molecule has 2 saturated heterocycles. The van der Waals surface area contributed by atoms with Crippen molar-refractivity contribution in [3.05, 3.63) is 0 Å². The molecular formula is C10H20N2O. The second kappa shape index (κ2) is 4.94. The summed E-state index contributed by atoms with van der Waals surface area (Å²) in [6.45, 7) is 6.82. The maximum absolute atomic E-state index is 5.72. The molecule has 2 rings (SSSR count). The van der Waals surface area contributed by atoms with Crippen molar-refractivity contribution in [3.8, 4) is 0 Å². The van der Waals surface area contributed by atoms with Crippen molar-refractivity contribution in [2.45, 2.75) is 25.4 Å². The molecule has 2 heterocycles. The van der Waals surface area contributed by atoms with Gasteiger partial charge >= 0.3 is 0 Å². The molecule has 0 bridgehead atoms. The van der Waals surface area contributed by atoms with Crippen molar-refractivity contribution in [1.29, 1.82) is 0 Å². The lowest BCUT2D eigenvalue weighted by atomic mass is 10.1. The van der Waals surface area contributed by atoms with Crippen LogP contribution < -0.4 is 5.32 Å². The smallest absolute Gasteiger partial charge is 0.0702 e. The molecule has 1 N–H and O–H groups in total. The Morgan fingerprint density at radius 2 is 2.08 bits per heavy atom. The predicted molar refractivity (Wildman–Crippen MR) is 52.9 cm³/mol. The Morgan fingerprint density at radius 3 is 2.77 bits per heavy atom. The summed E-state index contributed by atoms with van der Waals surface area (Å²) in [5, 5.41) is 3.37. The number of piperazine rings is 1. The molecule has 0 radical (unpaired) electrons. The largest absolute Gasteiger partial charge is 0.377 e. The Bertz CT molecular complexity index is 124. The van der Waals surface area contributed by atoms with E-state index < -0.39 is 0 Å². The zero-order valence-electron chi connectivity index (χ0n) is 8.30. The van der Waals surface area contributed by atoms with Crippen LogP contribution >= 0.6 is 0 Å². The van der Waals surface area contributed by atoms with E-state index in [-0.39, 0.29) is 0 Å². The Balaban J connectivity index is 1.69. The molecule has 2 aliphatic rings. The molecule has 3 heteroatoms. The monoisotopic (exact) mass is 184 g/mol. The number of nitrogens with one attached hydrogen (secondary N) is 1. The lowest BCUT2D eigenvalue weighted by Gasteiger charge is -2.32. The number of ether oxygens (including phenoxy) is 1. The average Bonchev–Trinajstić information content (AvgIpc) is 2.21. The van der Waals surface area contributed by atoms with E-state index in [0.717, 1.165) is 26.2 Å². The average molecular weight is 184 g/mol. The highest BCUT2D eigenvalue weighted by Crippen LogP contribution is 2.13. The second-order valence-electron chi connectivity index (χ2n) is 4.04. The van der Waals surface area contributed by atoms with Gasteiger partial charge in [-0.25, -0.2) is 0 Å². The SMILES string of the molecule is C1CCC(CN2CCNCC2)OC1. The highest BCUT2D eigenvalue weighted by molar-refractivity contribution is 4.73. The fraction of sp³-hybridized carbons (Fsp3) is 1.00. The summed E-state index contributed by atoms with van der Waals surface area (Å²) in [5.41, 5.74) is 0. The molecule has 0 spiro atoms. The molecule has 3 nitrogen and oxygen atoms in total. The molecular weight excluding hydrogens is 164 g/mol. The number of hydrogen-bond donors (Lipinski definition) is 1. The minimum Gasteiger partial charge on any atom is -0.377 e. The maximum atomic E-state index is 5.72. The Morgan fingerprint density at radius 1 is 1.23 bits per heavy atom. The molecule has 2 fully saturated rings. The van der Waals surface area contributed by atoms with Crippen LogP contribution in [-0.4, -0.2) is 50.3 Å². The minimum atomic E-state index is 0.520. The molecule has 0 aromatic rings. The zero-order chi connectivity index (χ0) is 8.93. The van der Waals surface area contributed by atoms with Crippen molar-refractivity contribution in [1.82, 2.24) is 10.2 Å². The van der Waals surface area contributed by atoms with Crippen LogP contribution in [-0.2, 0) is 4.74 Å². The molecule has 0 saturated carbocycles. The third kappa shape index (κ3) is 2.93. The number of hydrogen-bond acceptors (Lipinski definition) is 3. The topological polar surface area (TPSA) is 24.5 Å². The van der Waals surface area contributed by atoms with Gasteiger partial charge < -0.3 is 10.1 Å². The first-order valence-electron chi connectivity index (χ1n) is 5.50. The second-order valence-corrected chi connectivity index (χ2v) is 4.04. The van der Waals surface area contributed by atoms with Crippen molar-refractivity contribution >= 4 is 0 Å². The van der Waals surface area contributed by atoms with E-state index in [1.165, 1.54) is 32.4 Å². The van der Waals surface area contributed by atoms with Gasteiger partial charge in [-0.2, -0.15) is 0 Å². The third-order valence-corrected chi connectivity index (χ3v) is 2.95. The summed E-state index contributed by atoms with van der Waals surface area (Å²) in [6.07, 6.45) is 4.41. The molecule has 2 aliphatic heterocycles. The van der Waals surface area contributed by atoms with E-state index in [0.29, 0.717) is 6.10 Å². The van der Waals surface area contributed by atoms with Gasteiger partial charge in [0, 0.05) is 39.3 Å². The van der Waals surface area contributed by atoms with Crippen LogP contribution in [0.25, 0.3) is 0 Å². The highest BCUT2D eigenvalue weighted by Gasteiger charge is 2.18. The number of nitrogens with zero attached hydrogens (tertiary/aromatic N) is 1. The van der Waals surface area contributed by atoms with Crippen LogP contribution in [0.2, 0.25) is 0 Å². The fourth-order valence-corrected chi connectivity index (χ4v) is 2.13. The molecule has 0 amide bonds. The molecule has 76 valence electrons. The normalized spacial score (nSPS) is 31.8. The van der Waals surface area contributed by atoms with Crippen molar-refractivity contribution in [2.75, 3.05) is 39.3 Å².